The Morgan fingerprint density at radius 1 is 1.15 bits per heavy atom. The van der Waals surface area contributed by atoms with Gasteiger partial charge in [-0.1, -0.05) is 38.1 Å². The first-order valence-electron chi connectivity index (χ1n) is 10.5. The van der Waals surface area contributed by atoms with E-state index in [0.717, 1.165) is 12.8 Å². The van der Waals surface area contributed by atoms with Gasteiger partial charge in [-0.15, -0.1) is 0 Å². The van der Waals surface area contributed by atoms with Gasteiger partial charge in [0.1, 0.15) is 0 Å². The first-order chi connectivity index (χ1) is 12.9. The summed E-state index contributed by atoms with van der Waals surface area (Å²) in [6, 6.07) is 4.27. The largest absolute Gasteiger partial charge is 0.295 e. The number of ketones is 1. The molecule has 0 radical (unpaired) electrons. The molecule has 4 aliphatic rings. The van der Waals surface area contributed by atoms with E-state index in [0.29, 0.717) is 30.0 Å². The van der Waals surface area contributed by atoms with E-state index in [1.54, 1.807) is 0 Å². The maximum absolute atomic E-state index is 12.1. The maximum Gasteiger partial charge on any atom is 0.156 e. The number of carbonyl (C=O) groups excluding carboxylic acids is 1. The van der Waals surface area contributed by atoms with Crippen LogP contribution in [0.1, 0.15) is 57.9 Å². The molecule has 2 nitrogen and oxygen atoms in total. The number of hydrogen-bond acceptors (Lipinski definition) is 2. The van der Waals surface area contributed by atoms with Gasteiger partial charge in [-0.25, -0.2) is 0 Å². The molecule has 0 aliphatic heterocycles. The third kappa shape index (κ3) is 2.31. The number of aromatic nitrogens is 1. The van der Waals surface area contributed by atoms with Gasteiger partial charge in [0.25, 0.3) is 0 Å². The molecule has 27 heavy (non-hydrogen) atoms. The van der Waals surface area contributed by atoms with Crippen molar-refractivity contribution in [3.05, 3.63) is 60.0 Å². The standard InChI is InChI=1S/C25H29NO/c1-16-13-19-21-7-6-20(17-5-4-12-26-15-17)24(21,2)11-9-22(19)25(3)10-8-18(27)14-23(16)25/h4-6,12,14-15,19,21-22H,1,7-11,13H2,2-3H3. The van der Waals surface area contributed by atoms with E-state index < -0.39 is 0 Å². The van der Waals surface area contributed by atoms with Crippen molar-refractivity contribution >= 4 is 11.4 Å². The van der Waals surface area contributed by atoms with Crippen molar-refractivity contribution in [2.24, 2.45) is 28.6 Å². The number of allylic oxidation sites excluding steroid dienone is 5. The van der Waals surface area contributed by atoms with Crippen molar-refractivity contribution in [3.8, 4) is 0 Å². The minimum absolute atomic E-state index is 0.145. The minimum atomic E-state index is 0.145. The molecule has 0 aromatic carbocycles. The Kier molecular flexibility index (Phi) is 3.67. The van der Waals surface area contributed by atoms with Crippen LogP contribution in [-0.2, 0) is 4.79 Å². The maximum atomic E-state index is 12.1. The summed E-state index contributed by atoms with van der Waals surface area (Å²) in [6.45, 7) is 9.34. The average Bonchev–Trinajstić information content (AvgIpc) is 3.01. The zero-order valence-corrected chi connectivity index (χ0v) is 16.5. The highest BCUT2D eigenvalue weighted by atomic mass is 16.1. The summed E-state index contributed by atoms with van der Waals surface area (Å²) in [5.74, 6) is 2.34. The topological polar surface area (TPSA) is 30.0 Å². The van der Waals surface area contributed by atoms with E-state index in [9.17, 15) is 4.79 Å². The summed E-state index contributed by atoms with van der Waals surface area (Å²) < 4.78 is 0. The van der Waals surface area contributed by atoms with E-state index in [-0.39, 0.29) is 10.8 Å². The van der Waals surface area contributed by atoms with Crippen molar-refractivity contribution in [2.45, 2.75) is 52.4 Å². The van der Waals surface area contributed by atoms with E-state index in [2.05, 4.69) is 43.6 Å². The van der Waals surface area contributed by atoms with Crippen LogP contribution >= 0.6 is 0 Å². The Morgan fingerprint density at radius 3 is 2.74 bits per heavy atom. The highest BCUT2D eigenvalue weighted by molar-refractivity contribution is 5.92. The van der Waals surface area contributed by atoms with Crippen LogP contribution in [0.2, 0.25) is 0 Å². The molecule has 5 unspecified atom stereocenters. The molecule has 5 atom stereocenters. The predicted molar refractivity (Wildman–Crippen MR) is 109 cm³/mol. The van der Waals surface area contributed by atoms with Crippen LogP contribution in [0.15, 0.2) is 54.4 Å². The summed E-state index contributed by atoms with van der Waals surface area (Å²) in [4.78, 5) is 16.4. The molecule has 0 saturated heterocycles. The molecule has 140 valence electrons. The van der Waals surface area contributed by atoms with Gasteiger partial charge in [-0.05, 0) is 89.5 Å². The highest BCUT2D eigenvalue weighted by Crippen LogP contribution is 2.67. The van der Waals surface area contributed by atoms with E-state index >= 15 is 0 Å². The number of pyridine rings is 1. The van der Waals surface area contributed by atoms with Crippen LogP contribution in [0, 0.1) is 28.6 Å². The van der Waals surface area contributed by atoms with Crippen molar-refractivity contribution in [3.63, 3.8) is 0 Å². The molecule has 5 rings (SSSR count). The summed E-state index contributed by atoms with van der Waals surface area (Å²) in [7, 11) is 0. The van der Waals surface area contributed by atoms with Gasteiger partial charge in [0.2, 0.25) is 0 Å². The quantitative estimate of drug-likeness (QED) is 0.637. The van der Waals surface area contributed by atoms with Gasteiger partial charge in [-0.2, -0.15) is 0 Å². The molecule has 1 aromatic heterocycles. The average molecular weight is 360 g/mol. The number of rotatable bonds is 1. The van der Waals surface area contributed by atoms with Crippen LogP contribution in [0.4, 0.5) is 0 Å². The van der Waals surface area contributed by atoms with Crippen molar-refractivity contribution in [2.75, 3.05) is 0 Å². The van der Waals surface area contributed by atoms with Gasteiger partial charge in [-0.3, -0.25) is 9.78 Å². The van der Waals surface area contributed by atoms with Crippen LogP contribution in [0.5, 0.6) is 0 Å². The Bertz CT molecular complexity index is 879. The van der Waals surface area contributed by atoms with Crippen LogP contribution in [0.25, 0.3) is 5.57 Å². The summed E-state index contributed by atoms with van der Waals surface area (Å²) >= 11 is 0. The van der Waals surface area contributed by atoms with E-state index in [4.69, 9.17) is 0 Å². The normalized spacial score (nSPS) is 40.6. The molecule has 2 saturated carbocycles. The smallest absolute Gasteiger partial charge is 0.156 e. The Labute approximate surface area is 162 Å². The predicted octanol–water partition coefficient (Wildman–Crippen LogP) is 5.77. The number of carbonyl (C=O) groups is 1. The van der Waals surface area contributed by atoms with Crippen molar-refractivity contribution in [1.29, 1.82) is 0 Å². The fourth-order valence-electron chi connectivity index (χ4n) is 7.10. The number of nitrogens with zero attached hydrogens (tertiary/aromatic N) is 1. The number of hydrogen-bond donors (Lipinski definition) is 0. The molecule has 0 N–H and O–H groups in total. The molecular weight excluding hydrogens is 330 g/mol. The molecule has 2 heteroatoms. The first-order valence-corrected chi connectivity index (χ1v) is 10.5. The van der Waals surface area contributed by atoms with Crippen LogP contribution in [-0.4, -0.2) is 10.8 Å². The van der Waals surface area contributed by atoms with Gasteiger partial charge in [0.15, 0.2) is 5.78 Å². The van der Waals surface area contributed by atoms with Gasteiger partial charge >= 0.3 is 0 Å². The van der Waals surface area contributed by atoms with Gasteiger partial charge in [0, 0.05) is 18.8 Å². The summed E-state index contributed by atoms with van der Waals surface area (Å²) in [5, 5.41) is 0. The fraction of sp³-hybridized carbons (Fsp3) is 0.520. The monoisotopic (exact) mass is 359 g/mol. The lowest BCUT2D eigenvalue weighted by Crippen LogP contribution is -2.50. The molecule has 2 fully saturated rings. The zero-order valence-electron chi connectivity index (χ0n) is 16.5. The minimum Gasteiger partial charge on any atom is -0.295 e. The second kappa shape index (κ2) is 5.77. The number of fused-ring (bicyclic) bond motifs is 5. The molecule has 4 aliphatic carbocycles. The third-order valence-corrected chi connectivity index (χ3v) is 8.48. The zero-order chi connectivity index (χ0) is 18.8. The first kappa shape index (κ1) is 17.2. The molecule has 1 aromatic rings. The Hall–Kier alpha value is -1.96. The molecule has 0 amide bonds. The van der Waals surface area contributed by atoms with Crippen LogP contribution < -0.4 is 0 Å². The van der Waals surface area contributed by atoms with Crippen molar-refractivity contribution < 1.29 is 4.79 Å². The SMILES string of the molecule is C=C1CC2C(CCC3(C)C(c4cccnc4)=CCC23)C2(C)CCC(=O)C=C12. The highest BCUT2D eigenvalue weighted by Gasteiger charge is 2.57. The Balaban J connectivity index is 1.52. The van der Waals surface area contributed by atoms with E-state index in [1.165, 1.54) is 41.5 Å². The summed E-state index contributed by atoms with van der Waals surface area (Å²) in [5.41, 5.74) is 5.70. The second-order valence-corrected chi connectivity index (χ2v) is 9.68. The third-order valence-electron chi connectivity index (χ3n) is 8.48. The molecule has 0 bridgehead atoms. The van der Waals surface area contributed by atoms with Gasteiger partial charge < -0.3 is 0 Å². The molecule has 1 heterocycles. The Morgan fingerprint density at radius 2 is 1.96 bits per heavy atom. The molecule has 0 spiro atoms. The van der Waals surface area contributed by atoms with Crippen molar-refractivity contribution in [1.82, 2.24) is 4.98 Å². The van der Waals surface area contributed by atoms with E-state index in [1.807, 2.05) is 18.5 Å². The lowest BCUT2D eigenvalue weighted by Gasteiger charge is -2.58. The fourth-order valence-corrected chi connectivity index (χ4v) is 7.10. The van der Waals surface area contributed by atoms with Crippen LogP contribution in [0.3, 0.4) is 0 Å². The second-order valence-electron chi connectivity index (χ2n) is 9.68. The van der Waals surface area contributed by atoms with Gasteiger partial charge in [0.05, 0.1) is 0 Å². The lowest BCUT2D eigenvalue weighted by molar-refractivity contribution is -0.116. The summed E-state index contributed by atoms with van der Waals surface area (Å²) in [6.07, 6.45) is 14.8. The molecular formula is C25H29NO. The lowest BCUT2D eigenvalue weighted by atomic mass is 9.46.